The molecule has 4 nitrogen and oxygen atoms in total. The number of aromatic hydroxyl groups is 1. The van der Waals surface area contributed by atoms with Crippen LogP contribution in [0, 0.1) is 5.82 Å². The number of halogens is 1. The fraction of sp³-hybridized carbons (Fsp3) is 0.286. The summed E-state index contributed by atoms with van der Waals surface area (Å²) in [5, 5.41) is 12.2. The molecule has 0 radical (unpaired) electrons. The van der Waals surface area contributed by atoms with Crippen molar-refractivity contribution in [3.05, 3.63) is 71.6 Å². The maximum Gasteiger partial charge on any atom is 0.237 e. The van der Waals surface area contributed by atoms with Gasteiger partial charge in [0.15, 0.2) is 0 Å². The average Bonchev–Trinajstić information content (AvgIpc) is 2.67. The summed E-state index contributed by atoms with van der Waals surface area (Å²) in [6.07, 6.45) is 2.96. The first-order valence-corrected chi connectivity index (χ1v) is 8.78. The summed E-state index contributed by atoms with van der Waals surface area (Å²) in [6.45, 7) is 3.53. The summed E-state index contributed by atoms with van der Waals surface area (Å²) < 4.78 is 13.6. The molecule has 3 rings (SSSR count). The molecule has 5 heteroatoms. The van der Waals surface area contributed by atoms with Crippen LogP contribution < -0.4 is 5.32 Å². The van der Waals surface area contributed by atoms with E-state index < -0.39 is 0 Å². The van der Waals surface area contributed by atoms with Gasteiger partial charge in [0.2, 0.25) is 5.91 Å². The molecule has 0 aromatic heterocycles. The predicted octanol–water partition coefficient (Wildman–Crippen LogP) is 3.33. The highest BCUT2D eigenvalue weighted by Gasteiger charge is 2.23. The van der Waals surface area contributed by atoms with Crippen LogP contribution in [-0.4, -0.2) is 35.0 Å². The monoisotopic (exact) mass is 354 g/mol. The number of hydrogen-bond donors (Lipinski definition) is 2. The first-order chi connectivity index (χ1) is 12.5. The lowest BCUT2D eigenvalue weighted by atomic mass is 9.98. The SMILES string of the molecule is CC(C(=O)NCc1ccccc1F)N1CC=C(c2ccc(O)cc2)CC1. The van der Waals surface area contributed by atoms with Crippen LogP contribution in [0.3, 0.4) is 0 Å². The second kappa shape index (κ2) is 8.15. The number of nitrogens with one attached hydrogen (secondary N) is 1. The third kappa shape index (κ3) is 4.29. The van der Waals surface area contributed by atoms with E-state index >= 15 is 0 Å². The van der Waals surface area contributed by atoms with Gasteiger partial charge in [0, 0.05) is 25.2 Å². The van der Waals surface area contributed by atoms with E-state index in [-0.39, 0.29) is 30.1 Å². The minimum atomic E-state index is -0.306. The maximum atomic E-state index is 13.6. The van der Waals surface area contributed by atoms with Crippen molar-refractivity contribution in [2.75, 3.05) is 13.1 Å². The lowest BCUT2D eigenvalue weighted by Gasteiger charge is -2.31. The maximum absolute atomic E-state index is 13.6. The smallest absolute Gasteiger partial charge is 0.237 e. The van der Waals surface area contributed by atoms with Crippen molar-refractivity contribution in [2.45, 2.75) is 25.9 Å². The second-order valence-corrected chi connectivity index (χ2v) is 6.51. The molecule has 26 heavy (non-hydrogen) atoms. The van der Waals surface area contributed by atoms with Gasteiger partial charge in [-0.3, -0.25) is 9.69 Å². The minimum Gasteiger partial charge on any atom is -0.508 e. The van der Waals surface area contributed by atoms with Crippen LogP contribution in [-0.2, 0) is 11.3 Å². The Morgan fingerprint density at radius 2 is 1.96 bits per heavy atom. The zero-order valence-corrected chi connectivity index (χ0v) is 14.8. The highest BCUT2D eigenvalue weighted by Crippen LogP contribution is 2.24. The fourth-order valence-corrected chi connectivity index (χ4v) is 3.11. The van der Waals surface area contributed by atoms with Crippen LogP contribution >= 0.6 is 0 Å². The van der Waals surface area contributed by atoms with Crippen LogP contribution in [0.5, 0.6) is 5.75 Å². The molecule has 0 aliphatic carbocycles. The molecule has 1 heterocycles. The Balaban J connectivity index is 1.55. The van der Waals surface area contributed by atoms with Crippen molar-refractivity contribution < 1.29 is 14.3 Å². The first-order valence-electron chi connectivity index (χ1n) is 8.78. The second-order valence-electron chi connectivity index (χ2n) is 6.51. The summed E-state index contributed by atoms with van der Waals surface area (Å²) in [7, 11) is 0. The average molecular weight is 354 g/mol. The minimum absolute atomic E-state index is 0.102. The van der Waals surface area contributed by atoms with E-state index in [9.17, 15) is 14.3 Å². The lowest BCUT2D eigenvalue weighted by molar-refractivity contribution is -0.125. The Hall–Kier alpha value is -2.66. The highest BCUT2D eigenvalue weighted by atomic mass is 19.1. The normalized spacial score (nSPS) is 16.0. The van der Waals surface area contributed by atoms with E-state index in [0.29, 0.717) is 12.1 Å². The van der Waals surface area contributed by atoms with Gasteiger partial charge >= 0.3 is 0 Å². The number of carbonyl (C=O) groups excluding carboxylic acids is 1. The van der Waals surface area contributed by atoms with Gasteiger partial charge in [-0.2, -0.15) is 0 Å². The predicted molar refractivity (Wildman–Crippen MR) is 100.0 cm³/mol. The van der Waals surface area contributed by atoms with Gasteiger partial charge in [-0.05, 0) is 42.7 Å². The van der Waals surface area contributed by atoms with Crippen molar-refractivity contribution in [3.8, 4) is 5.75 Å². The molecule has 1 aliphatic rings. The van der Waals surface area contributed by atoms with Crippen LogP contribution in [0.2, 0.25) is 0 Å². The molecule has 1 aliphatic heterocycles. The number of phenolic OH excluding ortho intramolecular Hbond substituents is 1. The van der Waals surface area contributed by atoms with Gasteiger partial charge in [-0.15, -0.1) is 0 Å². The van der Waals surface area contributed by atoms with Gasteiger partial charge in [0.1, 0.15) is 11.6 Å². The number of nitrogens with zero attached hydrogens (tertiary/aromatic N) is 1. The van der Waals surface area contributed by atoms with E-state index in [1.807, 2.05) is 19.1 Å². The van der Waals surface area contributed by atoms with Gasteiger partial charge in [0.05, 0.1) is 6.04 Å². The molecule has 2 N–H and O–H groups in total. The van der Waals surface area contributed by atoms with E-state index in [0.717, 1.165) is 18.5 Å². The van der Waals surface area contributed by atoms with E-state index in [1.165, 1.54) is 11.6 Å². The number of phenols is 1. The molecule has 1 atom stereocenters. The van der Waals surface area contributed by atoms with Gasteiger partial charge < -0.3 is 10.4 Å². The molecular weight excluding hydrogens is 331 g/mol. The zero-order chi connectivity index (χ0) is 18.5. The summed E-state index contributed by atoms with van der Waals surface area (Å²) in [4.78, 5) is 14.5. The molecule has 0 spiro atoms. The Morgan fingerprint density at radius 1 is 1.23 bits per heavy atom. The van der Waals surface area contributed by atoms with Crippen LogP contribution in [0.25, 0.3) is 5.57 Å². The summed E-state index contributed by atoms with van der Waals surface area (Å²) in [6, 6.07) is 13.4. The van der Waals surface area contributed by atoms with Crippen molar-refractivity contribution in [2.24, 2.45) is 0 Å². The molecule has 1 unspecified atom stereocenters. The van der Waals surface area contributed by atoms with Crippen LogP contribution in [0.15, 0.2) is 54.6 Å². The highest BCUT2D eigenvalue weighted by molar-refractivity contribution is 5.81. The standard InChI is InChI=1S/C21H23FN2O2/c1-15(21(26)23-14-18-4-2-3-5-20(18)22)24-12-10-17(11-13-24)16-6-8-19(25)9-7-16/h2-10,15,25H,11-14H2,1H3,(H,23,26). The molecule has 136 valence electrons. The third-order valence-corrected chi connectivity index (χ3v) is 4.82. The molecule has 1 amide bonds. The van der Waals surface area contributed by atoms with E-state index in [4.69, 9.17) is 0 Å². The zero-order valence-electron chi connectivity index (χ0n) is 14.8. The molecule has 0 saturated heterocycles. The summed E-state index contributed by atoms with van der Waals surface area (Å²) in [5.41, 5.74) is 2.81. The Morgan fingerprint density at radius 3 is 2.62 bits per heavy atom. The third-order valence-electron chi connectivity index (χ3n) is 4.82. The molecular formula is C21H23FN2O2. The fourth-order valence-electron chi connectivity index (χ4n) is 3.11. The van der Waals surface area contributed by atoms with Gasteiger partial charge in [-0.25, -0.2) is 4.39 Å². The summed E-state index contributed by atoms with van der Waals surface area (Å²) in [5.74, 6) is -0.151. The first kappa shape index (κ1) is 18.1. The van der Waals surface area contributed by atoms with Crippen molar-refractivity contribution >= 4 is 11.5 Å². The van der Waals surface area contributed by atoms with Crippen molar-refractivity contribution in [1.29, 1.82) is 0 Å². The number of hydrogen-bond acceptors (Lipinski definition) is 3. The van der Waals surface area contributed by atoms with Crippen molar-refractivity contribution in [1.82, 2.24) is 10.2 Å². The Kier molecular flexibility index (Phi) is 5.68. The van der Waals surface area contributed by atoms with E-state index in [1.54, 1.807) is 30.3 Å². The molecule has 0 bridgehead atoms. The lowest BCUT2D eigenvalue weighted by Crippen LogP contribution is -2.46. The molecule has 0 fully saturated rings. The largest absolute Gasteiger partial charge is 0.508 e. The summed E-state index contributed by atoms with van der Waals surface area (Å²) >= 11 is 0. The molecule has 2 aromatic carbocycles. The van der Waals surface area contributed by atoms with Crippen LogP contribution in [0.4, 0.5) is 4.39 Å². The Bertz CT molecular complexity index is 802. The topological polar surface area (TPSA) is 52.6 Å². The number of amides is 1. The van der Waals surface area contributed by atoms with Gasteiger partial charge in [0.25, 0.3) is 0 Å². The number of benzene rings is 2. The molecule has 2 aromatic rings. The van der Waals surface area contributed by atoms with E-state index in [2.05, 4.69) is 16.3 Å². The number of carbonyl (C=O) groups is 1. The van der Waals surface area contributed by atoms with Crippen LogP contribution in [0.1, 0.15) is 24.5 Å². The Labute approximate surface area is 153 Å². The molecule has 0 saturated carbocycles. The van der Waals surface area contributed by atoms with Crippen molar-refractivity contribution in [3.63, 3.8) is 0 Å². The number of rotatable bonds is 5. The van der Waals surface area contributed by atoms with Gasteiger partial charge in [-0.1, -0.05) is 36.4 Å². The quantitative estimate of drug-likeness (QED) is 0.866.